The van der Waals surface area contributed by atoms with Crippen LogP contribution in [0.15, 0.2) is 146 Å². The Morgan fingerprint density at radius 2 is 1.19 bits per heavy atom. The molecule has 0 fully saturated rings. The van der Waals surface area contributed by atoms with Crippen molar-refractivity contribution in [2.45, 2.75) is 13.8 Å². The molecule has 0 radical (unpaired) electrons. The second-order valence-electron chi connectivity index (χ2n) is 12.8. The normalized spacial score (nSPS) is 13.9. The first-order valence-electron chi connectivity index (χ1n) is 16.2. The van der Waals surface area contributed by atoms with Gasteiger partial charge >= 0.3 is 0 Å². The van der Waals surface area contributed by atoms with Crippen LogP contribution in [0.2, 0.25) is 0 Å². The Labute approximate surface area is 274 Å². The molecule has 0 saturated carbocycles. The molecule has 0 amide bonds. The molecule has 0 unspecified atom stereocenters. The van der Waals surface area contributed by atoms with Gasteiger partial charge in [0.05, 0.1) is 28.4 Å². The summed E-state index contributed by atoms with van der Waals surface area (Å²) in [5.41, 5.74) is 13.2. The van der Waals surface area contributed by atoms with Gasteiger partial charge in [-0.25, -0.2) is 0 Å². The number of nitrogens with zero attached hydrogens (tertiary/aromatic N) is 4. The lowest BCUT2D eigenvalue weighted by Gasteiger charge is -2.44. The summed E-state index contributed by atoms with van der Waals surface area (Å²) in [6, 6.07) is 47.7. The molecule has 1 spiro atoms. The van der Waals surface area contributed by atoms with E-state index in [2.05, 4.69) is 144 Å². The summed E-state index contributed by atoms with van der Waals surface area (Å²) in [5.74, 6) is 0. The van der Waals surface area contributed by atoms with Gasteiger partial charge in [0.2, 0.25) is 0 Å². The number of anilines is 3. The van der Waals surface area contributed by atoms with Gasteiger partial charge in [-0.05, 0) is 100 Å². The largest absolute Gasteiger partial charge is 0.311 e. The Morgan fingerprint density at radius 1 is 0.532 bits per heavy atom. The zero-order chi connectivity index (χ0) is 31.3. The van der Waals surface area contributed by atoms with Crippen LogP contribution in [0.4, 0.5) is 17.1 Å². The molecule has 5 aromatic carbocycles. The van der Waals surface area contributed by atoms with Crippen molar-refractivity contribution in [3.63, 3.8) is 0 Å². The molecule has 10 rings (SSSR count). The lowest BCUT2D eigenvalue weighted by Crippen LogP contribution is -2.75. The molecule has 3 aromatic heterocycles. The Bertz CT molecular complexity index is 2470. The number of benzene rings is 5. The average Bonchev–Trinajstić information content (AvgIpc) is 3.60. The van der Waals surface area contributed by atoms with Crippen LogP contribution in [-0.4, -0.2) is 22.6 Å². The van der Waals surface area contributed by atoms with Crippen LogP contribution in [0.1, 0.15) is 11.1 Å². The minimum Gasteiger partial charge on any atom is -0.311 e. The van der Waals surface area contributed by atoms with Crippen molar-refractivity contribution in [3.05, 3.63) is 157 Å². The molecule has 8 aromatic rings. The fourth-order valence-corrected chi connectivity index (χ4v) is 14.1. The van der Waals surface area contributed by atoms with Crippen molar-refractivity contribution in [1.82, 2.24) is 14.5 Å². The minimum atomic E-state index is -2.65. The summed E-state index contributed by atoms with van der Waals surface area (Å²) < 4.78 is 2.30. The van der Waals surface area contributed by atoms with Crippen molar-refractivity contribution in [3.8, 4) is 16.8 Å². The topological polar surface area (TPSA) is 34.0 Å². The van der Waals surface area contributed by atoms with E-state index in [4.69, 9.17) is 4.98 Å². The van der Waals surface area contributed by atoms with E-state index in [0.29, 0.717) is 0 Å². The standard InChI is InChI=1S/C42H30N4Si/c1-27-15-19-34-40(23-27)47(38-13-5-3-10-31(38)32-11-4-6-14-39(32)47)41-24-28(2)16-20-35(41)45(34)29-17-18-33-37(25-29)46(30-9-7-21-43-26-30)36-12-8-22-44-42(33)36/h3-26H,1-2H3. The van der Waals surface area contributed by atoms with E-state index in [0.717, 1.165) is 33.3 Å². The maximum absolute atomic E-state index is 4.83. The average molecular weight is 619 g/mol. The van der Waals surface area contributed by atoms with E-state index in [9.17, 15) is 0 Å². The number of aromatic nitrogens is 3. The molecular weight excluding hydrogens is 589 g/mol. The molecule has 0 bridgehead atoms. The molecular formula is C42H30N4Si. The zero-order valence-electron chi connectivity index (χ0n) is 26.1. The number of hydrogen-bond acceptors (Lipinski definition) is 3. The van der Waals surface area contributed by atoms with Crippen LogP contribution in [0.5, 0.6) is 0 Å². The first kappa shape index (κ1) is 26.4. The molecule has 2 aliphatic heterocycles. The number of rotatable bonds is 2. The van der Waals surface area contributed by atoms with Gasteiger partial charge in [-0.15, -0.1) is 0 Å². The van der Waals surface area contributed by atoms with Crippen molar-refractivity contribution in [2.24, 2.45) is 0 Å². The lowest BCUT2D eigenvalue weighted by atomic mass is 10.1. The van der Waals surface area contributed by atoms with E-state index >= 15 is 0 Å². The van der Waals surface area contributed by atoms with E-state index in [1.165, 1.54) is 54.4 Å². The lowest BCUT2D eigenvalue weighted by molar-refractivity contribution is 1.14. The third-order valence-electron chi connectivity index (χ3n) is 10.2. The molecule has 0 atom stereocenters. The number of fused-ring (bicyclic) bond motifs is 12. The second-order valence-corrected chi connectivity index (χ2v) is 16.5. The fourth-order valence-electron chi connectivity index (χ4n) is 8.38. The maximum Gasteiger partial charge on any atom is 0.185 e. The van der Waals surface area contributed by atoms with Crippen LogP contribution in [0.25, 0.3) is 38.8 Å². The number of pyridine rings is 2. The van der Waals surface area contributed by atoms with Crippen LogP contribution >= 0.6 is 0 Å². The Kier molecular flexibility index (Phi) is 5.41. The predicted octanol–water partition coefficient (Wildman–Crippen LogP) is 7.33. The van der Waals surface area contributed by atoms with Gasteiger partial charge in [-0.2, -0.15) is 0 Å². The smallest absolute Gasteiger partial charge is 0.185 e. The van der Waals surface area contributed by atoms with Crippen LogP contribution in [-0.2, 0) is 0 Å². The van der Waals surface area contributed by atoms with E-state index in [1.54, 1.807) is 0 Å². The van der Waals surface area contributed by atoms with Crippen molar-refractivity contribution in [1.29, 1.82) is 0 Å². The van der Waals surface area contributed by atoms with Gasteiger partial charge in [0.25, 0.3) is 0 Å². The molecule has 4 nitrogen and oxygen atoms in total. The number of hydrogen-bond donors (Lipinski definition) is 0. The highest BCUT2D eigenvalue weighted by molar-refractivity contribution is 7.23. The molecule has 222 valence electrons. The van der Waals surface area contributed by atoms with E-state index in [-0.39, 0.29) is 0 Å². The second kappa shape index (κ2) is 9.61. The van der Waals surface area contributed by atoms with Crippen molar-refractivity contribution >= 4 is 67.8 Å². The third-order valence-corrected chi connectivity index (χ3v) is 15.1. The van der Waals surface area contributed by atoms with Gasteiger partial charge in [-0.3, -0.25) is 9.97 Å². The van der Waals surface area contributed by atoms with Crippen LogP contribution in [0, 0.1) is 13.8 Å². The SMILES string of the molecule is Cc1ccc2c(c1)[Si]1(c3ccccc3-c3ccccc31)c1cc(C)ccc1N2c1ccc2c3ncccc3n(-c3cccnc3)c2c1. The predicted molar refractivity (Wildman–Crippen MR) is 197 cm³/mol. The molecule has 2 aliphatic rings. The first-order chi connectivity index (χ1) is 23.1. The summed E-state index contributed by atoms with van der Waals surface area (Å²) in [6.07, 6.45) is 5.64. The highest BCUT2D eigenvalue weighted by atomic mass is 28.3. The summed E-state index contributed by atoms with van der Waals surface area (Å²) in [7, 11) is -2.65. The van der Waals surface area contributed by atoms with Gasteiger partial charge in [0.15, 0.2) is 8.07 Å². The highest BCUT2D eigenvalue weighted by Crippen LogP contribution is 2.43. The Hall–Kier alpha value is -5.78. The van der Waals surface area contributed by atoms with Crippen LogP contribution in [0.3, 0.4) is 0 Å². The van der Waals surface area contributed by atoms with Crippen molar-refractivity contribution < 1.29 is 0 Å². The molecule has 0 aliphatic carbocycles. The van der Waals surface area contributed by atoms with E-state index < -0.39 is 8.07 Å². The van der Waals surface area contributed by atoms with E-state index in [1.807, 2.05) is 30.7 Å². The highest BCUT2D eigenvalue weighted by Gasteiger charge is 2.54. The zero-order valence-corrected chi connectivity index (χ0v) is 27.1. The van der Waals surface area contributed by atoms with Gasteiger partial charge < -0.3 is 9.47 Å². The summed E-state index contributed by atoms with van der Waals surface area (Å²) in [6.45, 7) is 4.47. The monoisotopic (exact) mass is 618 g/mol. The van der Waals surface area contributed by atoms with Gasteiger partial charge in [0.1, 0.15) is 0 Å². The summed E-state index contributed by atoms with van der Waals surface area (Å²) in [5, 5.41) is 6.99. The van der Waals surface area contributed by atoms with Crippen molar-refractivity contribution in [2.75, 3.05) is 4.90 Å². The number of aryl methyl sites for hydroxylation is 2. The molecule has 5 heteroatoms. The first-order valence-corrected chi connectivity index (χ1v) is 18.2. The molecule has 5 heterocycles. The minimum absolute atomic E-state index is 0.995. The Balaban J connectivity index is 1.31. The maximum atomic E-state index is 4.83. The molecule has 47 heavy (non-hydrogen) atoms. The van der Waals surface area contributed by atoms with Crippen LogP contribution < -0.4 is 25.6 Å². The van der Waals surface area contributed by atoms with Gasteiger partial charge in [0, 0.05) is 34.8 Å². The third kappa shape index (κ3) is 3.46. The molecule has 0 saturated heterocycles. The summed E-state index contributed by atoms with van der Waals surface area (Å²) >= 11 is 0. The Morgan fingerprint density at radius 3 is 1.85 bits per heavy atom. The molecule has 0 N–H and O–H groups in total. The quantitative estimate of drug-likeness (QED) is 0.190. The fraction of sp³-hybridized carbons (Fsp3) is 0.0476. The summed E-state index contributed by atoms with van der Waals surface area (Å²) in [4.78, 5) is 11.8. The van der Waals surface area contributed by atoms with Gasteiger partial charge in [-0.1, -0.05) is 83.9 Å².